The van der Waals surface area contributed by atoms with Crippen LogP contribution in [0.1, 0.15) is 50.7 Å². The van der Waals surface area contributed by atoms with Gasteiger partial charge in [-0.1, -0.05) is 172 Å². The number of unbranched alkanes of at least 4 members (excludes halogenated alkanes) is 2. The summed E-state index contributed by atoms with van der Waals surface area (Å²) in [5.41, 5.74) is 20.9. The Bertz CT molecular complexity index is 3300. The van der Waals surface area contributed by atoms with Crippen LogP contribution in [0.15, 0.2) is 210 Å². The molecule has 9 aromatic rings. The fraction of sp³-hybridized carbons (Fsp3) is 0.129. The van der Waals surface area contributed by atoms with Crippen molar-refractivity contribution in [3.8, 4) is 56.0 Å². The average molecular weight is 883 g/mol. The Morgan fingerprint density at radius 3 is 1.69 bits per heavy atom. The first-order valence-electron chi connectivity index (χ1n) is 24.1. The topological polar surface area (TPSA) is 15.7 Å². The lowest BCUT2D eigenvalue weighted by Gasteiger charge is -2.47. The van der Waals surface area contributed by atoms with Crippen LogP contribution < -0.4 is 25.4 Å². The molecule has 0 amide bonds. The number of para-hydroxylation sites is 2. The second-order valence-corrected chi connectivity index (χ2v) is 19.2. The van der Waals surface area contributed by atoms with Crippen molar-refractivity contribution in [1.82, 2.24) is 0 Å². The highest BCUT2D eigenvalue weighted by Gasteiger charge is 2.47. The smallest absolute Gasteiger partial charge is 0.333 e. The van der Waals surface area contributed by atoms with Crippen LogP contribution in [0, 0.1) is 0 Å². The van der Waals surface area contributed by atoms with Gasteiger partial charge in [-0.3, -0.25) is 0 Å². The molecule has 0 unspecified atom stereocenters. The summed E-state index contributed by atoms with van der Waals surface area (Å²) >= 11 is 1.80. The lowest BCUT2D eigenvalue weighted by molar-refractivity contribution is 0.455. The van der Waals surface area contributed by atoms with Crippen LogP contribution >= 0.6 is 11.8 Å². The third kappa shape index (κ3) is 7.34. The van der Waals surface area contributed by atoms with Crippen molar-refractivity contribution in [2.75, 3.05) is 9.71 Å². The van der Waals surface area contributed by atoms with Gasteiger partial charge < -0.3 is 14.4 Å². The first-order valence-corrected chi connectivity index (χ1v) is 24.9. The molecule has 0 atom stereocenters. The molecule has 67 heavy (non-hydrogen) atoms. The Balaban J connectivity index is 1.19. The molecule has 3 nitrogen and oxygen atoms in total. The molecule has 0 aliphatic carbocycles. The number of ether oxygens (including phenoxy) is 1. The van der Waals surface area contributed by atoms with E-state index in [1.54, 1.807) is 11.8 Å². The van der Waals surface area contributed by atoms with Gasteiger partial charge in [0.05, 0.1) is 15.5 Å². The van der Waals surface area contributed by atoms with Crippen molar-refractivity contribution in [3.63, 3.8) is 0 Å². The highest BCUT2D eigenvalue weighted by molar-refractivity contribution is 7.99. The van der Waals surface area contributed by atoms with Crippen molar-refractivity contribution in [1.29, 1.82) is 0 Å². The fourth-order valence-corrected chi connectivity index (χ4v) is 11.6. The Morgan fingerprint density at radius 2 is 1.00 bits per heavy atom. The SMILES string of the molecule is CCCCc1ccc(N2B3c4cc5c(cc4N(c4ccc(CCCC)cc4-c4ccccc4)c4cc(-c6ccccc6)cc(c43)-c3ccccc32)Sc2ccccc2O5)c(-c2ccccc2)c1. The number of nitrogens with zero attached hydrogens (tertiary/aromatic N) is 2. The number of benzene rings is 9. The van der Waals surface area contributed by atoms with Crippen molar-refractivity contribution in [3.05, 3.63) is 211 Å². The van der Waals surface area contributed by atoms with Crippen LogP contribution in [0.2, 0.25) is 0 Å². The average Bonchev–Trinajstić information content (AvgIpc) is 3.39. The van der Waals surface area contributed by atoms with Crippen LogP contribution in [0.5, 0.6) is 11.5 Å². The number of hydrogen-bond acceptors (Lipinski definition) is 4. The zero-order chi connectivity index (χ0) is 44.8. The van der Waals surface area contributed by atoms with Crippen molar-refractivity contribution < 1.29 is 4.74 Å². The molecule has 9 aromatic carbocycles. The van der Waals surface area contributed by atoms with Crippen LogP contribution in [-0.2, 0) is 12.8 Å². The summed E-state index contributed by atoms with van der Waals surface area (Å²) in [7, 11) is 0. The Morgan fingerprint density at radius 1 is 0.418 bits per heavy atom. The molecule has 0 radical (unpaired) electrons. The molecular formula is C62H51BN2OS. The van der Waals surface area contributed by atoms with E-state index in [1.165, 1.54) is 83.6 Å². The normalized spacial score (nSPS) is 13.0. The van der Waals surface area contributed by atoms with Gasteiger partial charge in [0.25, 0.3) is 0 Å². The van der Waals surface area contributed by atoms with E-state index >= 15 is 0 Å². The zero-order valence-corrected chi connectivity index (χ0v) is 38.9. The van der Waals surface area contributed by atoms with Gasteiger partial charge in [0, 0.05) is 39.4 Å². The second-order valence-electron chi connectivity index (χ2n) is 18.1. The summed E-state index contributed by atoms with van der Waals surface area (Å²) in [6.45, 7) is 4.37. The molecular weight excluding hydrogens is 832 g/mol. The summed E-state index contributed by atoms with van der Waals surface area (Å²) in [4.78, 5) is 7.50. The van der Waals surface area contributed by atoms with Crippen LogP contribution in [0.4, 0.5) is 28.4 Å². The fourth-order valence-electron chi connectivity index (χ4n) is 10.6. The Labute approximate surface area is 399 Å². The molecule has 12 rings (SSSR count). The predicted molar refractivity (Wildman–Crippen MR) is 284 cm³/mol. The summed E-state index contributed by atoms with van der Waals surface area (Å²) in [6.07, 6.45) is 6.71. The van der Waals surface area contributed by atoms with E-state index in [9.17, 15) is 0 Å². The van der Waals surface area contributed by atoms with E-state index in [0.29, 0.717) is 0 Å². The van der Waals surface area contributed by atoms with Gasteiger partial charge in [-0.15, -0.1) is 0 Å². The molecule has 3 heterocycles. The predicted octanol–water partition coefficient (Wildman–Crippen LogP) is 16.3. The van der Waals surface area contributed by atoms with E-state index < -0.39 is 0 Å². The van der Waals surface area contributed by atoms with E-state index in [1.807, 2.05) is 0 Å². The monoisotopic (exact) mass is 882 g/mol. The molecule has 3 aliphatic rings. The van der Waals surface area contributed by atoms with Gasteiger partial charge in [0.2, 0.25) is 0 Å². The standard InChI is InChI=1S/C62H51BN2OS/c1-3-5-20-42-32-34-53(49(36-42)45-24-12-8-13-25-45)64-56-41-61-59(66-58-30-18-19-31-60(58)67-61)40-52(56)63-62-51(38-47(39-57(62)64)44-22-10-7-11-23-44)48-28-16-17-29-54(48)65(63)55-35-33-43(21-6-4-2)37-50(55)46-26-14-9-15-27-46/h7-19,22-41H,3-6,20-21H2,1-2H3. The molecule has 5 heteroatoms. The maximum atomic E-state index is 6.94. The van der Waals surface area contributed by atoms with E-state index in [2.05, 4.69) is 224 Å². The van der Waals surface area contributed by atoms with Gasteiger partial charge in [-0.25, -0.2) is 0 Å². The first-order chi connectivity index (χ1) is 33.1. The largest absolute Gasteiger partial charge is 0.455 e. The molecule has 0 saturated heterocycles. The third-order valence-corrected chi connectivity index (χ3v) is 14.9. The second kappa shape index (κ2) is 17.5. The number of hydrogen-bond donors (Lipinski definition) is 0. The molecule has 0 spiro atoms. The number of anilines is 5. The lowest BCUT2D eigenvalue weighted by Crippen LogP contribution is -2.61. The van der Waals surface area contributed by atoms with Crippen LogP contribution in [-0.4, -0.2) is 6.85 Å². The third-order valence-electron chi connectivity index (χ3n) is 13.8. The van der Waals surface area contributed by atoms with Crippen molar-refractivity contribution >= 4 is 58.0 Å². The molecule has 324 valence electrons. The first kappa shape index (κ1) is 41.2. The van der Waals surface area contributed by atoms with Gasteiger partial charge >= 0.3 is 6.85 Å². The number of aryl methyl sites for hydroxylation is 2. The number of fused-ring (bicyclic) bond motifs is 6. The minimum Gasteiger partial charge on any atom is -0.455 e. The van der Waals surface area contributed by atoms with E-state index in [0.717, 1.165) is 71.2 Å². The Hall–Kier alpha value is -7.21. The summed E-state index contributed by atoms with van der Waals surface area (Å²) in [5, 5.41) is 0. The zero-order valence-electron chi connectivity index (χ0n) is 38.1. The van der Waals surface area contributed by atoms with Crippen LogP contribution in [0.25, 0.3) is 44.5 Å². The van der Waals surface area contributed by atoms with Gasteiger partial charge in [0.15, 0.2) is 0 Å². The lowest BCUT2D eigenvalue weighted by atomic mass is 9.43. The minimum atomic E-state index is -0.194. The molecule has 0 fully saturated rings. The summed E-state index contributed by atoms with van der Waals surface area (Å²) in [5.74, 6) is 1.79. The van der Waals surface area contributed by atoms with Crippen molar-refractivity contribution in [2.45, 2.75) is 62.2 Å². The van der Waals surface area contributed by atoms with E-state index in [-0.39, 0.29) is 6.85 Å². The van der Waals surface area contributed by atoms with Crippen molar-refractivity contribution in [2.24, 2.45) is 0 Å². The van der Waals surface area contributed by atoms with Gasteiger partial charge in [-0.05, 0) is 142 Å². The maximum Gasteiger partial charge on any atom is 0.333 e. The molecule has 0 bridgehead atoms. The molecule has 0 aromatic heterocycles. The minimum absolute atomic E-state index is 0.194. The quantitative estimate of drug-likeness (QED) is 0.120. The highest BCUT2D eigenvalue weighted by atomic mass is 32.2. The Kier molecular flexibility index (Phi) is 10.8. The molecule has 3 aliphatic heterocycles. The van der Waals surface area contributed by atoms with Gasteiger partial charge in [0.1, 0.15) is 11.5 Å². The maximum absolute atomic E-state index is 6.94. The molecule has 0 saturated carbocycles. The van der Waals surface area contributed by atoms with Gasteiger partial charge in [-0.2, -0.15) is 0 Å². The number of rotatable bonds is 11. The molecule has 0 N–H and O–H groups in total. The summed E-state index contributed by atoms with van der Waals surface area (Å²) in [6, 6.07) is 74.7. The highest BCUT2D eigenvalue weighted by Crippen LogP contribution is 2.54. The van der Waals surface area contributed by atoms with Crippen LogP contribution in [0.3, 0.4) is 0 Å². The summed E-state index contributed by atoms with van der Waals surface area (Å²) < 4.78 is 6.94. The van der Waals surface area contributed by atoms with E-state index in [4.69, 9.17) is 4.74 Å².